The molecule has 2 nitrogen and oxygen atoms in total. The predicted octanol–water partition coefficient (Wildman–Crippen LogP) is 1.20. The third-order valence-corrected chi connectivity index (χ3v) is 2.76. The van der Waals surface area contributed by atoms with Gasteiger partial charge in [-0.05, 0) is 12.8 Å². The summed E-state index contributed by atoms with van der Waals surface area (Å²) in [7, 11) is 0. The van der Waals surface area contributed by atoms with Gasteiger partial charge in [-0.2, -0.15) is 0 Å². The van der Waals surface area contributed by atoms with E-state index < -0.39 is 0 Å². The number of quaternary nitrogens is 1. The highest BCUT2D eigenvalue weighted by molar-refractivity contribution is 4.55. The lowest BCUT2D eigenvalue weighted by atomic mass is 10.2. The number of unbranched alkanes of at least 4 members (excludes halogenated alkanes) is 2. The maximum atomic E-state index is 6.25. The normalized spacial score (nSPS) is 26.5. The fraction of sp³-hybridized carbons (Fsp3) is 0.909. The van der Waals surface area contributed by atoms with Crippen LogP contribution < -0.4 is 4.90 Å². The third-order valence-electron chi connectivity index (χ3n) is 2.76. The molecule has 0 saturated carbocycles. The Kier molecular flexibility index (Phi) is 7.73. The molecule has 0 aromatic carbocycles. The van der Waals surface area contributed by atoms with Gasteiger partial charge in [0.15, 0.2) is 0 Å². The van der Waals surface area contributed by atoms with Crippen molar-refractivity contribution in [2.24, 2.45) is 5.92 Å². The Bertz CT molecular complexity index is 131. The minimum atomic E-state index is 0.992. The van der Waals surface area contributed by atoms with Crippen LogP contribution in [0.15, 0.2) is 0 Å². The number of hydrogen-bond acceptors (Lipinski definition) is 1. The summed E-state index contributed by atoms with van der Waals surface area (Å²) in [5.41, 5.74) is 0. The lowest BCUT2D eigenvalue weighted by molar-refractivity contribution is -0.889. The Hall–Kier alpha value is -0.550. The summed E-state index contributed by atoms with van der Waals surface area (Å²) in [6.07, 6.45) is 5.70. The van der Waals surface area contributed by atoms with E-state index in [2.05, 4.69) is 13.8 Å². The van der Waals surface area contributed by atoms with Gasteiger partial charge in [0, 0.05) is 12.3 Å². The summed E-state index contributed by atoms with van der Waals surface area (Å²) < 4.78 is 0. The summed E-state index contributed by atoms with van der Waals surface area (Å²) in [5, 5.41) is 6.25. The van der Waals surface area contributed by atoms with E-state index in [1.807, 2.05) is 4.90 Å². The van der Waals surface area contributed by atoms with E-state index in [4.69, 9.17) is 11.8 Å². The Morgan fingerprint density at radius 1 is 1.38 bits per heavy atom. The molecule has 2 heteroatoms. The molecule has 76 valence electrons. The second-order valence-corrected chi connectivity index (χ2v) is 4.06. The zero-order chi connectivity index (χ0) is 10.1. The molecule has 0 spiro atoms. The van der Waals surface area contributed by atoms with Crippen LogP contribution in [0.25, 0.3) is 0 Å². The smallest absolute Gasteiger partial charge is 0.0799 e. The van der Waals surface area contributed by atoms with E-state index in [0.717, 1.165) is 5.92 Å². The third kappa shape index (κ3) is 5.65. The first kappa shape index (κ1) is 12.4. The molecule has 0 amide bonds. The summed E-state index contributed by atoms with van der Waals surface area (Å²) >= 11 is 0. The largest absolute Gasteiger partial charge is 0.512 e. The molecule has 1 N–H and O–H groups in total. The SMILES string of the molecule is CCCCC[NH+]1CCC(C)C1.[C-]#N. The molecule has 2 atom stereocenters. The van der Waals surface area contributed by atoms with Crippen molar-refractivity contribution in [3.63, 3.8) is 0 Å². The highest BCUT2D eigenvalue weighted by Crippen LogP contribution is 2.01. The summed E-state index contributed by atoms with van der Waals surface area (Å²) in [6.45, 7) is 13.7. The average Bonchev–Trinajstić information content (AvgIpc) is 2.56. The lowest BCUT2D eigenvalue weighted by Gasteiger charge is -2.11. The van der Waals surface area contributed by atoms with E-state index in [9.17, 15) is 0 Å². The molecule has 0 aliphatic carbocycles. The first-order valence-corrected chi connectivity index (χ1v) is 5.39. The van der Waals surface area contributed by atoms with Crippen LogP contribution in [0.5, 0.6) is 0 Å². The average molecular weight is 182 g/mol. The first-order chi connectivity index (χ1) is 6.33. The van der Waals surface area contributed by atoms with Crippen molar-refractivity contribution in [1.29, 1.82) is 5.26 Å². The molecule has 1 aliphatic rings. The van der Waals surface area contributed by atoms with Crippen LogP contribution in [0.3, 0.4) is 0 Å². The van der Waals surface area contributed by atoms with Crippen LogP contribution in [-0.4, -0.2) is 19.6 Å². The molecular weight excluding hydrogens is 160 g/mol. The predicted molar refractivity (Wildman–Crippen MR) is 53.8 cm³/mol. The Labute approximate surface area is 82.5 Å². The molecule has 1 aliphatic heterocycles. The standard InChI is InChI=1S/C10H21N.CN/c1-3-4-5-7-11-8-6-10(2)9-11;1-2/h10H,3-9H2,1-2H3;/q;-1/p+1. The fourth-order valence-electron chi connectivity index (χ4n) is 2.00. The molecule has 0 aromatic rings. The molecule has 1 heterocycles. The maximum Gasteiger partial charge on any atom is 0.0799 e. The number of nitrogens with zero attached hydrogens (tertiary/aromatic N) is 1. The maximum absolute atomic E-state index is 6.25. The number of hydrogen-bond donors (Lipinski definition) is 1. The monoisotopic (exact) mass is 182 g/mol. The Morgan fingerprint density at radius 2 is 2.08 bits per heavy atom. The van der Waals surface area contributed by atoms with Gasteiger partial charge in [-0.25, -0.2) is 0 Å². The van der Waals surface area contributed by atoms with E-state index >= 15 is 0 Å². The van der Waals surface area contributed by atoms with Crippen molar-refractivity contribution in [3.05, 3.63) is 6.57 Å². The van der Waals surface area contributed by atoms with Gasteiger partial charge in [0.25, 0.3) is 0 Å². The van der Waals surface area contributed by atoms with Crippen molar-refractivity contribution in [3.8, 4) is 0 Å². The van der Waals surface area contributed by atoms with E-state index in [-0.39, 0.29) is 0 Å². The molecule has 1 fully saturated rings. The van der Waals surface area contributed by atoms with E-state index in [1.165, 1.54) is 45.3 Å². The Balaban J connectivity index is 0.000000671. The zero-order valence-electron chi connectivity index (χ0n) is 8.97. The van der Waals surface area contributed by atoms with Gasteiger partial charge in [0.2, 0.25) is 0 Å². The van der Waals surface area contributed by atoms with Gasteiger partial charge in [0.1, 0.15) is 0 Å². The highest BCUT2D eigenvalue weighted by atomic mass is 15.1. The van der Waals surface area contributed by atoms with Crippen LogP contribution in [-0.2, 0) is 0 Å². The fourth-order valence-corrected chi connectivity index (χ4v) is 2.00. The Morgan fingerprint density at radius 3 is 2.54 bits per heavy atom. The van der Waals surface area contributed by atoms with Crippen molar-refractivity contribution in [1.82, 2.24) is 0 Å². The lowest BCUT2D eigenvalue weighted by Crippen LogP contribution is -3.10. The second-order valence-electron chi connectivity index (χ2n) is 4.06. The van der Waals surface area contributed by atoms with E-state index in [1.54, 1.807) is 0 Å². The molecule has 0 bridgehead atoms. The minimum Gasteiger partial charge on any atom is -0.512 e. The van der Waals surface area contributed by atoms with Crippen LogP contribution in [0.1, 0.15) is 39.5 Å². The summed E-state index contributed by atoms with van der Waals surface area (Å²) in [4.78, 5) is 1.85. The molecular formula is C11H22N2. The van der Waals surface area contributed by atoms with E-state index in [0.29, 0.717) is 0 Å². The highest BCUT2D eigenvalue weighted by Gasteiger charge is 2.21. The summed E-state index contributed by atoms with van der Waals surface area (Å²) in [5.74, 6) is 0.992. The van der Waals surface area contributed by atoms with Crippen molar-refractivity contribution in [2.75, 3.05) is 19.6 Å². The zero-order valence-corrected chi connectivity index (χ0v) is 8.97. The van der Waals surface area contributed by atoms with Crippen molar-refractivity contribution >= 4 is 0 Å². The van der Waals surface area contributed by atoms with Crippen LogP contribution >= 0.6 is 0 Å². The van der Waals surface area contributed by atoms with Gasteiger partial charge in [-0.1, -0.05) is 20.3 Å². The van der Waals surface area contributed by atoms with Crippen LogP contribution in [0, 0.1) is 17.8 Å². The number of likely N-dealkylation sites (tertiary alicyclic amines) is 1. The molecule has 1 rings (SSSR count). The summed E-state index contributed by atoms with van der Waals surface area (Å²) in [6, 6.07) is 0. The second kappa shape index (κ2) is 8.07. The molecule has 1 saturated heterocycles. The molecule has 0 radical (unpaired) electrons. The quantitative estimate of drug-likeness (QED) is 0.513. The molecule has 0 aromatic heterocycles. The van der Waals surface area contributed by atoms with Crippen LogP contribution in [0.4, 0.5) is 0 Å². The van der Waals surface area contributed by atoms with Crippen molar-refractivity contribution < 1.29 is 4.90 Å². The number of rotatable bonds is 4. The minimum absolute atomic E-state index is 0.992. The molecule has 2 unspecified atom stereocenters. The van der Waals surface area contributed by atoms with Gasteiger partial charge in [-0.15, -0.1) is 0 Å². The topological polar surface area (TPSA) is 28.2 Å². The van der Waals surface area contributed by atoms with Crippen LogP contribution in [0.2, 0.25) is 0 Å². The number of nitrogens with one attached hydrogen (secondary N) is 1. The first-order valence-electron chi connectivity index (χ1n) is 5.39. The van der Waals surface area contributed by atoms with Gasteiger partial charge in [-0.3, -0.25) is 0 Å². The molecule has 13 heavy (non-hydrogen) atoms. The van der Waals surface area contributed by atoms with Gasteiger partial charge >= 0.3 is 0 Å². The van der Waals surface area contributed by atoms with Crippen molar-refractivity contribution in [2.45, 2.75) is 39.5 Å². The van der Waals surface area contributed by atoms with Gasteiger partial charge in [0.05, 0.1) is 19.6 Å². The van der Waals surface area contributed by atoms with Gasteiger partial charge < -0.3 is 16.7 Å².